The Morgan fingerprint density at radius 3 is 2.61 bits per heavy atom. The minimum absolute atomic E-state index is 0.0393. The third kappa shape index (κ3) is 2.76. The van der Waals surface area contributed by atoms with Gasteiger partial charge in [-0.1, -0.05) is 6.07 Å². The van der Waals surface area contributed by atoms with Crippen molar-refractivity contribution >= 4 is 27.7 Å². The minimum atomic E-state index is 0.0393. The van der Waals surface area contributed by atoms with Crippen LogP contribution in [0.25, 0.3) is 0 Å². The highest BCUT2D eigenvalue weighted by Crippen LogP contribution is 2.33. The van der Waals surface area contributed by atoms with Gasteiger partial charge in [0.05, 0.1) is 0 Å². The molecule has 0 saturated heterocycles. The molecule has 96 valence electrons. The molecule has 2 rings (SSSR count). The maximum Gasteiger partial charge on any atom is 0.195 e. The summed E-state index contributed by atoms with van der Waals surface area (Å²) in [5.74, 6) is 0.904. The molecule has 0 radical (unpaired) electrons. The van der Waals surface area contributed by atoms with Crippen molar-refractivity contribution in [1.29, 1.82) is 0 Å². The molecule has 0 amide bonds. The van der Waals surface area contributed by atoms with Gasteiger partial charge in [0.1, 0.15) is 5.82 Å². The fourth-order valence-corrected chi connectivity index (χ4v) is 2.94. The summed E-state index contributed by atoms with van der Waals surface area (Å²) in [6.07, 6.45) is 0. The van der Waals surface area contributed by atoms with E-state index in [9.17, 15) is 0 Å². The number of hydrogen-bond donors (Lipinski definition) is 1. The molecule has 0 spiro atoms. The van der Waals surface area contributed by atoms with Crippen LogP contribution in [0.2, 0.25) is 0 Å². The number of nitrogens with two attached hydrogens (primary N) is 1. The van der Waals surface area contributed by atoms with E-state index in [1.54, 1.807) is 11.8 Å². The molecule has 0 aliphatic heterocycles. The van der Waals surface area contributed by atoms with Gasteiger partial charge in [0.15, 0.2) is 5.16 Å². The molecule has 1 aromatic heterocycles. The van der Waals surface area contributed by atoms with Gasteiger partial charge in [0.2, 0.25) is 0 Å². The van der Waals surface area contributed by atoms with Crippen LogP contribution in [-0.2, 0) is 7.05 Å². The summed E-state index contributed by atoms with van der Waals surface area (Å²) in [7, 11) is 1.96. The summed E-state index contributed by atoms with van der Waals surface area (Å²) in [6.45, 7) is 3.91. The Kier molecular flexibility index (Phi) is 4.09. The van der Waals surface area contributed by atoms with Crippen molar-refractivity contribution in [1.82, 2.24) is 14.8 Å². The predicted molar refractivity (Wildman–Crippen MR) is 76.6 cm³/mol. The third-order valence-corrected chi connectivity index (χ3v) is 4.77. The maximum atomic E-state index is 5.86. The molecule has 1 heterocycles. The van der Waals surface area contributed by atoms with Crippen LogP contribution in [0.4, 0.5) is 0 Å². The largest absolute Gasteiger partial charge is 0.324 e. The zero-order valence-electron chi connectivity index (χ0n) is 10.5. The van der Waals surface area contributed by atoms with Gasteiger partial charge in [-0.05, 0) is 59.2 Å². The Bertz CT molecular complexity index is 565. The van der Waals surface area contributed by atoms with Crippen molar-refractivity contribution in [2.45, 2.75) is 29.9 Å². The Balaban J connectivity index is 2.27. The SMILES string of the molecule is Cc1nnc(Sc2ccc([C@@H](C)N)cc2Br)n1C. The van der Waals surface area contributed by atoms with Crippen molar-refractivity contribution in [2.75, 3.05) is 0 Å². The Hall–Kier alpha value is -0.850. The van der Waals surface area contributed by atoms with Gasteiger partial charge in [0.25, 0.3) is 0 Å². The van der Waals surface area contributed by atoms with Crippen LogP contribution in [0.3, 0.4) is 0 Å². The molecule has 1 atom stereocenters. The summed E-state index contributed by atoms with van der Waals surface area (Å²) in [4.78, 5) is 1.11. The number of hydrogen-bond acceptors (Lipinski definition) is 4. The molecule has 0 aliphatic rings. The average Bonchev–Trinajstić information content (AvgIpc) is 2.63. The number of nitrogens with zero attached hydrogens (tertiary/aromatic N) is 3. The number of aromatic nitrogens is 3. The van der Waals surface area contributed by atoms with Gasteiger partial charge >= 0.3 is 0 Å². The number of benzene rings is 1. The predicted octanol–water partition coefficient (Wildman–Crippen LogP) is 3.06. The van der Waals surface area contributed by atoms with Crippen molar-refractivity contribution in [3.8, 4) is 0 Å². The summed E-state index contributed by atoms with van der Waals surface area (Å²) in [5, 5.41) is 9.06. The Morgan fingerprint density at radius 2 is 2.11 bits per heavy atom. The van der Waals surface area contributed by atoms with Gasteiger partial charge in [-0.25, -0.2) is 0 Å². The monoisotopic (exact) mass is 326 g/mol. The first-order chi connectivity index (χ1) is 8.49. The fraction of sp³-hybridized carbons (Fsp3) is 0.333. The lowest BCUT2D eigenvalue weighted by Gasteiger charge is -2.09. The molecule has 0 aliphatic carbocycles. The van der Waals surface area contributed by atoms with E-state index in [1.807, 2.05) is 31.5 Å². The summed E-state index contributed by atoms with van der Waals surface area (Å²) in [5.41, 5.74) is 6.97. The van der Waals surface area contributed by atoms with Gasteiger partial charge < -0.3 is 10.3 Å². The first-order valence-electron chi connectivity index (χ1n) is 5.58. The van der Waals surface area contributed by atoms with Crippen LogP contribution < -0.4 is 5.73 Å². The van der Waals surface area contributed by atoms with E-state index >= 15 is 0 Å². The van der Waals surface area contributed by atoms with Gasteiger partial charge in [0, 0.05) is 22.5 Å². The molecule has 1 aromatic carbocycles. The lowest BCUT2D eigenvalue weighted by molar-refractivity contribution is 0.765. The minimum Gasteiger partial charge on any atom is -0.324 e. The first kappa shape index (κ1) is 13.6. The molecule has 0 bridgehead atoms. The van der Waals surface area contributed by atoms with E-state index < -0.39 is 0 Å². The van der Waals surface area contributed by atoms with E-state index in [0.717, 1.165) is 25.9 Å². The highest BCUT2D eigenvalue weighted by molar-refractivity contribution is 9.10. The Morgan fingerprint density at radius 1 is 1.39 bits per heavy atom. The van der Waals surface area contributed by atoms with Crippen LogP contribution in [-0.4, -0.2) is 14.8 Å². The second kappa shape index (κ2) is 5.42. The van der Waals surface area contributed by atoms with Crippen molar-refractivity contribution < 1.29 is 0 Å². The molecule has 6 heteroatoms. The van der Waals surface area contributed by atoms with Gasteiger partial charge in [-0.3, -0.25) is 0 Å². The van der Waals surface area contributed by atoms with E-state index in [-0.39, 0.29) is 6.04 Å². The fourth-order valence-electron chi connectivity index (χ4n) is 1.46. The smallest absolute Gasteiger partial charge is 0.195 e. The molecule has 2 N–H and O–H groups in total. The van der Waals surface area contributed by atoms with Crippen molar-refractivity contribution in [3.05, 3.63) is 34.1 Å². The lowest BCUT2D eigenvalue weighted by atomic mass is 10.1. The van der Waals surface area contributed by atoms with Crippen LogP contribution >= 0.6 is 27.7 Å². The number of aryl methyl sites for hydroxylation is 1. The highest BCUT2D eigenvalue weighted by Gasteiger charge is 2.10. The zero-order chi connectivity index (χ0) is 13.3. The quantitative estimate of drug-likeness (QED) is 0.941. The van der Waals surface area contributed by atoms with Gasteiger partial charge in [-0.15, -0.1) is 10.2 Å². The number of halogens is 1. The second-order valence-electron chi connectivity index (χ2n) is 4.17. The molecule has 0 unspecified atom stereocenters. The normalized spacial score (nSPS) is 12.7. The van der Waals surface area contributed by atoms with Crippen molar-refractivity contribution in [2.24, 2.45) is 12.8 Å². The zero-order valence-corrected chi connectivity index (χ0v) is 12.9. The maximum absolute atomic E-state index is 5.86. The van der Waals surface area contributed by atoms with Crippen molar-refractivity contribution in [3.63, 3.8) is 0 Å². The topological polar surface area (TPSA) is 56.7 Å². The van der Waals surface area contributed by atoms with Crippen LogP contribution in [0, 0.1) is 6.92 Å². The summed E-state index contributed by atoms with van der Waals surface area (Å²) in [6, 6.07) is 6.19. The van der Waals surface area contributed by atoms with Crippen LogP contribution in [0.1, 0.15) is 24.4 Å². The second-order valence-corrected chi connectivity index (χ2v) is 6.03. The summed E-state index contributed by atoms with van der Waals surface area (Å²) < 4.78 is 3.00. The molecular weight excluding hydrogens is 312 g/mol. The molecule has 0 fully saturated rings. The Labute approximate surface area is 119 Å². The molecule has 2 aromatic rings. The molecule has 18 heavy (non-hydrogen) atoms. The standard InChI is InChI=1S/C12H15BrN4S/c1-7(14)9-4-5-11(10(13)6-9)18-12-16-15-8(2)17(12)3/h4-7H,14H2,1-3H3/t7-/m1/s1. The lowest BCUT2D eigenvalue weighted by Crippen LogP contribution is -2.04. The molecule has 0 saturated carbocycles. The van der Waals surface area contributed by atoms with Gasteiger partial charge in [-0.2, -0.15) is 0 Å². The first-order valence-corrected chi connectivity index (χ1v) is 7.19. The van der Waals surface area contributed by atoms with Crippen LogP contribution in [0.5, 0.6) is 0 Å². The molecular formula is C12H15BrN4S. The number of rotatable bonds is 3. The van der Waals surface area contributed by atoms with E-state index in [0.29, 0.717) is 0 Å². The third-order valence-electron chi connectivity index (χ3n) is 2.74. The van der Waals surface area contributed by atoms with E-state index in [1.165, 1.54) is 0 Å². The van der Waals surface area contributed by atoms with E-state index in [2.05, 4.69) is 38.3 Å². The van der Waals surface area contributed by atoms with E-state index in [4.69, 9.17) is 5.73 Å². The summed E-state index contributed by atoms with van der Waals surface area (Å²) >= 11 is 5.15. The highest BCUT2D eigenvalue weighted by atomic mass is 79.9. The van der Waals surface area contributed by atoms with Crippen LogP contribution in [0.15, 0.2) is 32.7 Å². The average molecular weight is 327 g/mol. The molecule has 4 nitrogen and oxygen atoms in total.